The summed E-state index contributed by atoms with van der Waals surface area (Å²) in [7, 11) is 0. The summed E-state index contributed by atoms with van der Waals surface area (Å²) in [5, 5.41) is 10.2. The van der Waals surface area contributed by atoms with Crippen molar-refractivity contribution in [2.75, 3.05) is 5.32 Å². The molecule has 8 heteroatoms. The lowest BCUT2D eigenvalue weighted by molar-refractivity contribution is 0.103. The Kier molecular flexibility index (Phi) is 7.08. The van der Waals surface area contributed by atoms with Gasteiger partial charge in [0.25, 0.3) is 5.91 Å². The molecule has 4 aromatic rings. The van der Waals surface area contributed by atoms with Crippen molar-refractivity contribution in [3.63, 3.8) is 0 Å². The molecule has 5 nitrogen and oxygen atoms in total. The quantitative estimate of drug-likeness (QED) is 0.296. The maximum absolute atomic E-state index is 12.7. The summed E-state index contributed by atoms with van der Waals surface area (Å²) in [6, 6.07) is 11.5. The maximum atomic E-state index is 12.7. The van der Waals surface area contributed by atoms with Crippen molar-refractivity contribution in [3.8, 4) is 5.75 Å². The number of halogens is 2. The molecule has 0 saturated heterocycles. The summed E-state index contributed by atoms with van der Waals surface area (Å²) in [6.07, 6.45) is 3.40. The second-order valence-corrected chi connectivity index (χ2v) is 9.67. The average Bonchev–Trinajstić information content (AvgIpc) is 3.42. The fourth-order valence-electron chi connectivity index (χ4n) is 3.41. The Morgan fingerprint density at radius 2 is 1.91 bits per heavy atom. The highest BCUT2D eigenvalue weighted by molar-refractivity contribution is 7.12. The summed E-state index contributed by atoms with van der Waals surface area (Å²) in [5.74, 6) is 0.696. The molecule has 0 unspecified atom stereocenters. The van der Waals surface area contributed by atoms with E-state index in [9.17, 15) is 4.79 Å². The summed E-state index contributed by atoms with van der Waals surface area (Å²) in [5.41, 5.74) is 6.04. The number of hydrogen-bond donors (Lipinski definition) is 1. The molecule has 0 aliphatic heterocycles. The molecule has 0 saturated carbocycles. The van der Waals surface area contributed by atoms with Crippen LogP contribution in [0.1, 0.15) is 37.5 Å². The van der Waals surface area contributed by atoms with Crippen LogP contribution >= 0.6 is 34.5 Å². The van der Waals surface area contributed by atoms with Crippen LogP contribution in [0.15, 0.2) is 54.2 Å². The lowest BCUT2D eigenvalue weighted by Gasteiger charge is -2.11. The highest BCUT2D eigenvalue weighted by Gasteiger charge is 2.12. The number of aromatic nitrogens is 2. The van der Waals surface area contributed by atoms with Crippen LogP contribution in [0.3, 0.4) is 0 Å². The highest BCUT2D eigenvalue weighted by atomic mass is 35.5. The van der Waals surface area contributed by atoms with Crippen LogP contribution < -0.4 is 10.1 Å². The molecule has 2 aromatic carbocycles. The van der Waals surface area contributed by atoms with Gasteiger partial charge in [-0.2, -0.15) is 5.10 Å². The first-order valence-corrected chi connectivity index (χ1v) is 12.0. The first kappa shape index (κ1) is 23.4. The lowest BCUT2D eigenvalue weighted by Crippen LogP contribution is -2.09. The second-order valence-electron chi connectivity index (χ2n) is 7.94. The molecule has 170 valence electrons. The number of amides is 1. The van der Waals surface area contributed by atoms with E-state index in [0.717, 1.165) is 28.0 Å². The van der Waals surface area contributed by atoms with Crippen molar-refractivity contribution in [3.05, 3.63) is 96.9 Å². The minimum absolute atomic E-state index is 0.178. The van der Waals surface area contributed by atoms with E-state index < -0.39 is 0 Å². The number of carbonyl (C=O) groups excluding carboxylic acids is 1. The lowest BCUT2D eigenvalue weighted by atomic mass is 10.1. The number of anilines is 1. The van der Waals surface area contributed by atoms with E-state index in [1.54, 1.807) is 29.2 Å². The van der Waals surface area contributed by atoms with Gasteiger partial charge in [0, 0.05) is 11.8 Å². The van der Waals surface area contributed by atoms with Crippen LogP contribution in [-0.4, -0.2) is 15.7 Å². The maximum Gasteiger partial charge on any atom is 0.265 e. The van der Waals surface area contributed by atoms with Crippen LogP contribution in [0.4, 0.5) is 5.69 Å². The van der Waals surface area contributed by atoms with Crippen LogP contribution in [-0.2, 0) is 13.2 Å². The third-order valence-corrected chi connectivity index (χ3v) is 6.97. The predicted molar refractivity (Wildman–Crippen MR) is 135 cm³/mol. The Morgan fingerprint density at radius 1 is 1.09 bits per heavy atom. The van der Waals surface area contributed by atoms with Gasteiger partial charge in [-0.15, -0.1) is 11.3 Å². The topological polar surface area (TPSA) is 56.1 Å². The minimum Gasteiger partial charge on any atom is -0.489 e. The van der Waals surface area contributed by atoms with E-state index in [2.05, 4.69) is 37.3 Å². The molecule has 4 rings (SSSR count). The van der Waals surface area contributed by atoms with E-state index in [1.165, 1.54) is 16.9 Å². The number of rotatable bonds is 7. The summed E-state index contributed by atoms with van der Waals surface area (Å²) < 4.78 is 7.75. The van der Waals surface area contributed by atoms with Crippen molar-refractivity contribution in [1.82, 2.24) is 9.78 Å². The molecule has 0 aliphatic rings. The zero-order valence-electron chi connectivity index (χ0n) is 18.5. The molecule has 1 N–H and O–H groups in total. The van der Waals surface area contributed by atoms with Gasteiger partial charge in [-0.1, -0.05) is 35.3 Å². The van der Waals surface area contributed by atoms with Crippen LogP contribution in [0, 0.1) is 20.8 Å². The number of ether oxygens (including phenoxy) is 1. The van der Waals surface area contributed by atoms with E-state index in [0.29, 0.717) is 33.8 Å². The zero-order chi connectivity index (χ0) is 23.5. The minimum atomic E-state index is -0.178. The van der Waals surface area contributed by atoms with E-state index in [4.69, 9.17) is 27.9 Å². The van der Waals surface area contributed by atoms with Crippen molar-refractivity contribution < 1.29 is 9.53 Å². The number of nitrogens with one attached hydrogen (secondary N) is 1. The molecule has 0 atom stereocenters. The number of benzene rings is 2. The molecular formula is C25H23Cl2N3O2S. The van der Waals surface area contributed by atoms with Crippen LogP contribution in [0.5, 0.6) is 5.75 Å². The molecule has 0 radical (unpaired) electrons. The van der Waals surface area contributed by atoms with Gasteiger partial charge >= 0.3 is 0 Å². The smallest absolute Gasteiger partial charge is 0.265 e. The first-order chi connectivity index (χ1) is 15.8. The molecule has 0 fully saturated rings. The highest BCUT2D eigenvalue weighted by Crippen LogP contribution is 2.26. The van der Waals surface area contributed by atoms with Gasteiger partial charge in [-0.25, -0.2) is 0 Å². The van der Waals surface area contributed by atoms with Gasteiger partial charge < -0.3 is 10.1 Å². The van der Waals surface area contributed by atoms with Gasteiger partial charge in [0.05, 0.1) is 33.4 Å². The van der Waals surface area contributed by atoms with E-state index >= 15 is 0 Å². The Morgan fingerprint density at radius 3 is 2.70 bits per heavy atom. The zero-order valence-corrected chi connectivity index (χ0v) is 20.8. The molecule has 2 heterocycles. The Bertz CT molecular complexity index is 1310. The van der Waals surface area contributed by atoms with E-state index in [1.807, 2.05) is 23.6 Å². The Balaban J connectivity index is 1.36. The predicted octanol–water partition coefficient (Wildman–Crippen LogP) is 7.06. The van der Waals surface area contributed by atoms with Gasteiger partial charge in [0.1, 0.15) is 12.4 Å². The molecule has 33 heavy (non-hydrogen) atoms. The van der Waals surface area contributed by atoms with E-state index in [-0.39, 0.29) is 5.91 Å². The molecule has 0 bridgehead atoms. The summed E-state index contributed by atoms with van der Waals surface area (Å²) in [4.78, 5) is 13.3. The van der Waals surface area contributed by atoms with Crippen molar-refractivity contribution in [2.24, 2.45) is 0 Å². The number of aryl methyl sites for hydroxylation is 2. The second kappa shape index (κ2) is 10.00. The molecule has 2 aromatic heterocycles. The SMILES string of the molecule is Cc1cc(C)c(C)c(OCc2csc(C(=O)Nc3cnn(Cc4ccc(Cl)c(Cl)c4)c3)c2)c1. The van der Waals surface area contributed by atoms with Gasteiger partial charge in [0.2, 0.25) is 0 Å². The number of carbonyl (C=O) groups is 1. The van der Waals surface area contributed by atoms with Crippen LogP contribution in [0.25, 0.3) is 0 Å². The Labute approximate surface area is 206 Å². The van der Waals surface area contributed by atoms with Crippen molar-refractivity contribution >= 4 is 46.1 Å². The summed E-state index contributed by atoms with van der Waals surface area (Å²) >= 11 is 13.4. The number of thiophene rings is 1. The molecular weight excluding hydrogens is 477 g/mol. The third kappa shape index (κ3) is 5.77. The average molecular weight is 500 g/mol. The monoisotopic (exact) mass is 499 g/mol. The molecule has 1 amide bonds. The standard InChI is InChI=1S/C25H23Cl2N3O2S/c1-15-6-16(2)17(3)23(7-15)32-13-19-9-24(33-14-19)25(31)29-20-10-28-30(12-20)11-18-4-5-21(26)22(27)8-18/h4-10,12,14H,11,13H2,1-3H3,(H,29,31). The first-order valence-electron chi connectivity index (χ1n) is 10.3. The fourth-order valence-corrected chi connectivity index (χ4v) is 4.53. The molecule has 0 spiro atoms. The van der Waals surface area contributed by atoms with Gasteiger partial charge in [-0.3, -0.25) is 9.48 Å². The Hall–Kier alpha value is -2.80. The fraction of sp³-hybridized carbons (Fsp3) is 0.200. The largest absolute Gasteiger partial charge is 0.489 e. The number of hydrogen-bond acceptors (Lipinski definition) is 4. The van der Waals surface area contributed by atoms with Gasteiger partial charge in [0.15, 0.2) is 0 Å². The third-order valence-electron chi connectivity index (χ3n) is 5.26. The normalized spacial score (nSPS) is 10.9. The van der Waals surface area contributed by atoms with Crippen molar-refractivity contribution in [1.29, 1.82) is 0 Å². The van der Waals surface area contributed by atoms with Crippen molar-refractivity contribution in [2.45, 2.75) is 33.9 Å². The number of nitrogens with zero attached hydrogens (tertiary/aromatic N) is 2. The summed E-state index contributed by atoms with van der Waals surface area (Å²) in [6.45, 7) is 7.12. The van der Waals surface area contributed by atoms with Gasteiger partial charge in [-0.05, 0) is 72.7 Å². The molecule has 0 aliphatic carbocycles. The van der Waals surface area contributed by atoms with Crippen LogP contribution in [0.2, 0.25) is 10.0 Å².